The van der Waals surface area contributed by atoms with Gasteiger partial charge in [0.15, 0.2) is 0 Å². The summed E-state index contributed by atoms with van der Waals surface area (Å²) in [5.41, 5.74) is 0.424. The predicted octanol–water partition coefficient (Wildman–Crippen LogP) is 1.29. The van der Waals surface area contributed by atoms with Gasteiger partial charge in [0, 0.05) is 43.8 Å². The van der Waals surface area contributed by atoms with Crippen molar-refractivity contribution < 1.29 is 9.53 Å². The maximum Gasteiger partial charge on any atom is 0.253 e. The summed E-state index contributed by atoms with van der Waals surface area (Å²) >= 11 is 1.73. The zero-order valence-corrected chi connectivity index (χ0v) is 16.0. The minimum Gasteiger partial charge on any atom is -0.366 e. The normalized spacial score (nSPS) is 29.3. The molecule has 1 amide bonds. The van der Waals surface area contributed by atoms with Gasteiger partial charge >= 0.3 is 0 Å². The zero-order valence-electron chi connectivity index (χ0n) is 15.2. The monoisotopic (exact) mass is 364 g/mol. The molecule has 4 rings (SSSR count). The van der Waals surface area contributed by atoms with Crippen LogP contribution in [-0.4, -0.2) is 84.6 Å². The first-order valence-corrected chi connectivity index (χ1v) is 10.1. The summed E-state index contributed by atoms with van der Waals surface area (Å²) < 4.78 is 5.70. The summed E-state index contributed by atoms with van der Waals surface area (Å²) in [6, 6.07) is 0.644. The molecule has 2 saturated heterocycles. The van der Waals surface area contributed by atoms with E-state index in [1.165, 1.54) is 11.4 Å². The van der Waals surface area contributed by atoms with Crippen LogP contribution in [0, 0.1) is 5.41 Å². The minimum absolute atomic E-state index is 0.190. The van der Waals surface area contributed by atoms with Crippen LogP contribution in [-0.2, 0) is 16.1 Å². The van der Waals surface area contributed by atoms with Crippen molar-refractivity contribution in [2.24, 2.45) is 5.41 Å². The van der Waals surface area contributed by atoms with Crippen LogP contribution in [0.2, 0.25) is 0 Å². The molecule has 6 nitrogen and oxygen atoms in total. The highest BCUT2D eigenvalue weighted by Crippen LogP contribution is 2.56. The van der Waals surface area contributed by atoms with Crippen molar-refractivity contribution in [1.82, 2.24) is 19.7 Å². The fourth-order valence-electron chi connectivity index (χ4n) is 4.44. The lowest BCUT2D eigenvalue weighted by Crippen LogP contribution is -2.52. The van der Waals surface area contributed by atoms with Gasteiger partial charge in [0.05, 0.1) is 13.2 Å². The molecule has 25 heavy (non-hydrogen) atoms. The molecule has 2 aliphatic heterocycles. The molecule has 1 aliphatic carbocycles. The van der Waals surface area contributed by atoms with E-state index in [0.717, 1.165) is 45.6 Å². The first kappa shape index (κ1) is 17.4. The maximum absolute atomic E-state index is 12.7. The molecular formula is C18H28N4O2S. The number of amides is 1. The molecule has 0 aromatic carbocycles. The second kappa shape index (κ2) is 6.95. The van der Waals surface area contributed by atoms with Gasteiger partial charge in [-0.05, 0) is 38.8 Å². The summed E-state index contributed by atoms with van der Waals surface area (Å²) in [4.78, 5) is 23.8. The number of nitrogens with zero attached hydrogens (tertiary/aromatic N) is 4. The lowest BCUT2D eigenvalue weighted by Gasteiger charge is -2.37. The standard InChI is InChI=1S/C18H28N4O2S/c1-20-8-9-24-14(12-20)17(23)22-6-3-18(4-7-22)11-15(18)21(2)13-16-19-5-10-25-16/h5,10,14-15H,3-4,6-9,11-13H2,1-2H3/t14-,15+/m1/s1. The molecule has 0 bridgehead atoms. The topological polar surface area (TPSA) is 48.9 Å². The molecule has 3 heterocycles. The van der Waals surface area contributed by atoms with Crippen LogP contribution in [0.5, 0.6) is 0 Å². The third kappa shape index (κ3) is 3.60. The van der Waals surface area contributed by atoms with E-state index < -0.39 is 0 Å². The van der Waals surface area contributed by atoms with Gasteiger partial charge in [-0.3, -0.25) is 9.69 Å². The van der Waals surface area contributed by atoms with Crippen molar-refractivity contribution in [2.75, 3.05) is 46.9 Å². The number of carbonyl (C=O) groups is 1. The van der Waals surface area contributed by atoms with Gasteiger partial charge in [0.1, 0.15) is 11.1 Å². The number of hydrogen-bond donors (Lipinski definition) is 0. The molecule has 0 unspecified atom stereocenters. The SMILES string of the molecule is CN1CCO[C@@H](C(=O)N2CCC3(CC2)C[C@@H]3N(C)Cc2nccs2)C1. The molecule has 1 aromatic heterocycles. The number of piperidine rings is 1. The second-order valence-electron chi connectivity index (χ2n) is 7.87. The molecular weight excluding hydrogens is 336 g/mol. The Labute approximate surface area is 153 Å². The molecule has 0 radical (unpaired) electrons. The molecule has 0 N–H and O–H groups in total. The first-order chi connectivity index (χ1) is 12.1. The van der Waals surface area contributed by atoms with Gasteiger partial charge in [-0.1, -0.05) is 0 Å². The number of hydrogen-bond acceptors (Lipinski definition) is 6. The highest BCUT2D eigenvalue weighted by molar-refractivity contribution is 7.09. The second-order valence-corrected chi connectivity index (χ2v) is 8.85. The highest BCUT2D eigenvalue weighted by Gasteiger charge is 2.57. The molecule has 1 aromatic rings. The summed E-state index contributed by atoms with van der Waals surface area (Å²) in [5.74, 6) is 0.190. The average Bonchev–Trinajstić information content (AvgIpc) is 3.06. The summed E-state index contributed by atoms with van der Waals surface area (Å²) in [5, 5.41) is 3.23. The molecule has 1 saturated carbocycles. The van der Waals surface area contributed by atoms with E-state index in [-0.39, 0.29) is 12.0 Å². The Bertz CT molecular complexity index is 600. The van der Waals surface area contributed by atoms with Crippen LogP contribution in [0.4, 0.5) is 0 Å². The minimum atomic E-state index is -0.268. The number of likely N-dealkylation sites (N-methyl/N-ethyl adjacent to an activating group) is 1. The number of thiazole rings is 1. The van der Waals surface area contributed by atoms with Gasteiger partial charge in [0.2, 0.25) is 0 Å². The van der Waals surface area contributed by atoms with Crippen LogP contribution < -0.4 is 0 Å². The van der Waals surface area contributed by atoms with Crippen LogP contribution >= 0.6 is 11.3 Å². The number of aromatic nitrogens is 1. The quantitative estimate of drug-likeness (QED) is 0.806. The van der Waals surface area contributed by atoms with Crippen molar-refractivity contribution >= 4 is 17.2 Å². The Balaban J connectivity index is 1.28. The van der Waals surface area contributed by atoms with Gasteiger partial charge < -0.3 is 14.5 Å². The lowest BCUT2D eigenvalue weighted by molar-refractivity contribution is -0.150. The van der Waals surface area contributed by atoms with Crippen molar-refractivity contribution in [3.05, 3.63) is 16.6 Å². The van der Waals surface area contributed by atoms with Crippen molar-refractivity contribution in [3.63, 3.8) is 0 Å². The van der Waals surface area contributed by atoms with Crippen molar-refractivity contribution in [2.45, 2.75) is 38.0 Å². The van der Waals surface area contributed by atoms with E-state index in [2.05, 4.69) is 28.9 Å². The Morgan fingerprint density at radius 2 is 2.24 bits per heavy atom. The highest BCUT2D eigenvalue weighted by atomic mass is 32.1. The largest absolute Gasteiger partial charge is 0.366 e. The van der Waals surface area contributed by atoms with Crippen LogP contribution in [0.15, 0.2) is 11.6 Å². The third-order valence-electron chi connectivity index (χ3n) is 6.16. The van der Waals surface area contributed by atoms with Crippen molar-refractivity contribution in [1.29, 1.82) is 0 Å². The molecule has 138 valence electrons. The summed E-state index contributed by atoms with van der Waals surface area (Å²) in [6.07, 6.45) is 5.11. The predicted molar refractivity (Wildman–Crippen MR) is 97.5 cm³/mol. The smallest absolute Gasteiger partial charge is 0.253 e. The third-order valence-corrected chi connectivity index (χ3v) is 6.93. The van der Waals surface area contributed by atoms with E-state index in [0.29, 0.717) is 18.1 Å². The fourth-order valence-corrected chi connectivity index (χ4v) is 5.12. The molecule has 3 aliphatic rings. The Kier molecular flexibility index (Phi) is 4.83. The van der Waals surface area contributed by atoms with Crippen molar-refractivity contribution in [3.8, 4) is 0 Å². The lowest BCUT2D eigenvalue weighted by atomic mass is 9.92. The molecule has 2 atom stereocenters. The van der Waals surface area contributed by atoms with Gasteiger partial charge in [-0.25, -0.2) is 4.98 Å². The number of morpholine rings is 1. The van der Waals surface area contributed by atoms with Crippen LogP contribution in [0.1, 0.15) is 24.3 Å². The Morgan fingerprint density at radius 3 is 2.92 bits per heavy atom. The first-order valence-electron chi connectivity index (χ1n) is 9.25. The summed E-state index contributed by atoms with van der Waals surface area (Å²) in [6.45, 7) is 5.00. The fraction of sp³-hybridized carbons (Fsp3) is 0.778. The number of rotatable bonds is 4. The van der Waals surface area contributed by atoms with Crippen LogP contribution in [0.25, 0.3) is 0 Å². The number of likely N-dealkylation sites (tertiary alicyclic amines) is 1. The Hall–Kier alpha value is -1.02. The van der Waals surface area contributed by atoms with Gasteiger partial charge in [-0.2, -0.15) is 0 Å². The van der Waals surface area contributed by atoms with E-state index in [1.807, 2.05) is 16.5 Å². The van der Waals surface area contributed by atoms with E-state index in [1.54, 1.807) is 11.3 Å². The van der Waals surface area contributed by atoms with Gasteiger partial charge in [-0.15, -0.1) is 11.3 Å². The van der Waals surface area contributed by atoms with Crippen LogP contribution in [0.3, 0.4) is 0 Å². The zero-order chi connectivity index (χ0) is 17.4. The van der Waals surface area contributed by atoms with Gasteiger partial charge in [0.25, 0.3) is 5.91 Å². The average molecular weight is 365 g/mol. The molecule has 3 fully saturated rings. The maximum atomic E-state index is 12.7. The Morgan fingerprint density at radius 1 is 1.44 bits per heavy atom. The van der Waals surface area contributed by atoms with E-state index >= 15 is 0 Å². The summed E-state index contributed by atoms with van der Waals surface area (Å²) in [7, 11) is 4.27. The molecule has 7 heteroatoms. The van der Waals surface area contributed by atoms with E-state index in [4.69, 9.17) is 4.74 Å². The number of carbonyl (C=O) groups excluding carboxylic acids is 1. The number of ether oxygens (including phenoxy) is 1. The van der Waals surface area contributed by atoms with E-state index in [9.17, 15) is 4.79 Å². The molecule has 1 spiro atoms.